The number of carbonyl (C=O) groups is 1. The molecule has 0 fully saturated rings. The van der Waals surface area contributed by atoms with Gasteiger partial charge in [0, 0.05) is 16.9 Å². The van der Waals surface area contributed by atoms with Gasteiger partial charge in [-0.15, -0.1) is 0 Å². The molecule has 2 rings (SSSR count). The van der Waals surface area contributed by atoms with E-state index < -0.39 is 52.0 Å². The number of anilines is 2. The van der Waals surface area contributed by atoms with Crippen LogP contribution >= 0.6 is 0 Å². The van der Waals surface area contributed by atoms with E-state index in [1.807, 2.05) is 0 Å². The Balaban J connectivity index is 2.69. The Bertz CT molecular complexity index is 1190. The van der Waals surface area contributed by atoms with Crippen molar-refractivity contribution in [1.82, 2.24) is 0 Å². The van der Waals surface area contributed by atoms with Crippen molar-refractivity contribution in [2.24, 2.45) is 0 Å². The molecule has 2 aromatic rings. The monoisotopic (exact) mass is 490 g/mol. The fourth-order valence-electron chi connectivity index (χ4n) is 2.20. The van der Waals surface area contributed by atoms with Crippen LogP contribution in [-0.4, -0.2) is 33.8 Å². The van der Waals surface area contributed by atoms with E-state index in [1.54, 1.807) is 6.92 Å². The van der Waals surface area contributed by atoms with E-state index in [1.165, 1.54) is 18.2 Å². The number of halogens is 6. The van der Waals surface area contributed by atoms with Gasteiger partial charge in [0.15, 0.2) is 0 Å². The summed E-state index contributed by atoms with van der Waals surface area (Å²) in [5.74, 6) is -1.37. The quantitative estimate of drug-likeness (QED) is 0.500. The van der Waals surface area contributed by atoms with Crippen molar-refractivity contribution in [1.29, 1.82) is 0 Å². The number of alkyl halides is 6. The third-order valence-corrected chi connectivity index (χ3v) is 6.84. The Morgan fingerprint density at radius 3 is 1.68 bits per heavy atom. The van der Waals surface area contributed by atoms with Gasteiger partial charge in [-0.2, -0.15) is 26.3 Å². The first-order valence-corrected chi connectivity index (χ1v) is 10.8. The zero-order chi connectivity index (χ0) is 24.0. The number of nitrogens with one attached hydrogen (secondary N) is 1. The summed E-state index contributed by atoms with van der Waals surface area (Å²) in [6, 6.07) is 3.88. The van der Waals surface area contributed by atoms with Gasteiger partial charge >= 0.3 is 11.0 Å². The van der Waals surface area contributed by atoms with Gasteiger partial charge in [0.25, 0.3) is 25.6 Å². The summed E-state index contributed by atoms with van der Waals surface area (Å²) in [6.07, 6.45) is 0. The molecule has 7 nitrogen and oxygen atoms in total. The van der Waals surface area contributed by atoms with E-state index in [4.69, 9.17) is 5.73 Å². The Morgan fingerprint density at radius 1 is 0.839 bits per heavy atom. The molecule has 15 heteroatoms. The van der Waals surface area contributed by atoms with Gasteiger partial charge in [0.05, 0.1) is 9.79 Å². The largest absolute Gasteiger partial charge is 0.501 e. The van der Waals surface area contributed by atoms with Crippen LogP contribution in [0.15, 0.2) is 46.2 Å². The van der Waals surface area contributed by atoms with Gasteiger partial charge in [-0.05, 0) is 42.8 Å². The van der Waals surface area contributed by atoms with Gasteiger partial charge in [-0.1, -0.05) is 6.07 Å². The predicted molar refractivity (Wildman–Crippen MR) is 96.5 cm³/mol. The highest BCUT2D eigenvalue weighted by Gasteiger charge is 2.50. The van der Waals surface area contributed by atoms with Crippen LogP contribution in [0.2, 0.25) is 0 Å². The third-order valence-electron chi connectivity index (χ3n) is 3.91. The molecule has 0 aromatic heterocycles. The zero-order valence-electron chi connectivity index (χ0n) is 15.2. The lowest BCUT2D eigenvalue weighted by molar-refractivity contribution is -0.0438. The Labute approximate surface area is 171 Å². The van der Waals surface area contributed by atoms with Crippen molar-refractivity contribution < 1.29 is 48.0 Å². The van der Waals surface area contributed by atoms with E-state index in [0.29, 0.717) is 5.56 Å². The molecule has 2 aromatic carbocycles. The average molecular weight is 490 g/mol. The Morgan fingerprint density at radius 2 is 1.29 bits per heavy atom. The summed E-state index contributed by atoms with van der Waals surface area (Å²) < 4.78 is 124. The number of hydrogen-bond donors (Lipinski definition) is 2. The minimum atomic E-state index is -6.28. The molecule has 0 bridgehead atoms. The maximum absolute atomic E-state index is 12.9. The number of nitrogens with two attached hydrogens (primary N) is 1. The van der Waals surface area contributed by atoms with Gasteiger partial charge in [-0.3, -0.25) is 4.79 Å². The number of carbonyl (C=O) groups excluding carboxylic acids is 1. The van der Waals surface area contributed by atoms with Crippen molar-refractivity contribution in [3.8, 4) is 0 Å². The molecule has 1 amide bonds. The normalized spacial score (nSPS) is 13.1. The van der Waals surface area contributed by atoms with Crippen molar-refractivity contribution in [2.75, 3.05) is 11.1 Å². The molecule has 0 saturated heterocycles. The van der Waals surface area contributed by atoms with Crippen LogP contribution in [0.4, 0.5) is 37.7 Å². The number of benzene rings is 2. The molecular weight excluding hydrogens is 478 g/mol. The molecule has 0 aliphatic rings. The number of hydrogen-bond acceptors (Lipinski definition) is 6. The molecule has 0 spiro atoms. The van der Waals surface area contributed by atoms with Crippen molar-refractivity contribution in [3.63, 3.8) is 0 Å². The summed E-state index contributed by atoms with van der Waals surface area (Å²) in [5, 5.41) is 2.09. The molecule has 0 radical (unpaired) electrons. The summed E-state index contributed by atoms with van der Waals surface area (Å²) in [4.78, 5) is 8.67. The van der Waals surface area contributed by atoms with E-state index in [9.17, 15) is 48.0 Å². The van der Waals surface area contributed by atoms with Gasteiger partial charge < -0.3 is 11.1 Å². The lowest BCUT2D eigenvalue weighted by atomic mass is 10.1. The number of aryl methyl sites for hydroxylation is 1. The number of rotatable bonds is 4. The van der Waals surface area contributed by atoms with Gasteiger partial charge in [-0.25, -0.2) is 16.8 Å². The number of sulfone groups is 2. The minimum absolute atomic E-state index is 0.0302. The lowest BCUT2D eigenvalue weighted by Crippen LogP contribution is -2.27. The Kier molecular flexibility index (Phi) is 6.08. The number of amides is 1. The number of nitrogen functional groups attached to an aromatic ring is 1. The van der Waals surface area contributed by atoms with Crippen molar-refractivity contribution in [3.05, 3.63) is 47.5 Å². The molecule has 31 heavy (non-hydrogen) atoms. The highest BCUT2D eigenvalue weighted by molar-refractivity contribution is 7.93. The molecule has 0 unspecified atom stereocenters. The second-order valence-corrected chi connectivity index (χ2v) is 10.00. The standard InChI is InChI=1S/C16H12F6N2O5S2/c1-8-2-3-10(6-13(8)23)24-14(25)9-4-11(30(26,27)15(17,18)19)7-12(5-9)31(28,29)16(20,21)22/h2-7H,23H2,1H3,(H,24,25). The summed E-state index contributed by atoms with van der Waals surface area (Å²) in [5.41, 5.74) is -6.63. The SMILES string of the molecule is Cc1ccc(NC(=O)c2cc(S(=O)(=O)C(F)(F)F)cc(S(=O)(=O)C(F)(F)F)c2)cc1N. The maximum atomic E-state index is 12.9. The molecule has 0 atom stereocenters. The third kappa shape index (κ3) is 4.76. The smallest absolute Gasteiger partial charge is 0.398 e. The predicted octanol–water partition coefficient (Wildman–Crippen LogP) is 3.42. The van der Waals surface area contributed by atoms with Gasteiger partial charge in [0.2, 0.25) is 0 Å². The van der Waals surface area contributed by atoms with Crippen LogP contribution in [0, 0.1) is 6.92 Å². The van der Waals surface area contributed by atoms with E-state index >= 15 is 0 Å². The van der Waals surface area contributed by atoms with E-state index in [-0.39, 0.29) is 29.6 Å². The first-order valence-electron chi connectivity index (χ1n) is 7.83. The highest BCUT2D eigenvalue weighted by Crippen LogP contribution is 2.36. The molecule has 0 aliphatic heterocycles. The van der Waals surface area contributed by atoms with Crippen LogP contribution in [0.1, 0.15) is 15.9 Å². The van der Waals surface area contributed by atoms with Crippen molar-refractivity contribution in [2.45, 2.75) is 27.7 Å². The summed E-state index contributed by atoms with van der Waals surface area (Å²) in [7, 11) is -12.6. The topological polar surface area (TPSA) is 123 Å². The van der Waals surface area contributed by atoms with Crippen LogP contribution < -0.4 is 11.1 Å². The van der Waals surface area contributed by atoms with Crippen LogP contribution in [0.25, 0.3) is 0 Å². The maximum Gasteiger partial charge on any atom is 0.501 e. The zero-order valence-corrected chi connectivity index (χ0v) is 16.8. The second kappa shape index (κ2) is 7.71. The lowest BCUT2D eigenvalue weighted by Gasteiger charge is -2.14. The van der Waals surface area contributed by atoms with Crippen molar-refractivity contribution >= 4 is 37.0 Å². The van der Waals surface area contributed by atoms with Crippen LogP contribution in [-0.2, 0) is 19.7 Å². The molecule has 0 heterocycles. The van der Waals surface area contributed by atoms with Gasteiger partial charge in [0.1, 0.15) is 0 Å². The fourth-order valence-corrected chi connectivity index (χ4v) is 3.94. The highest BCUT2D eigenvalue weighted by atomic mass is 32.2. The first-order chi connectivity index (χ1) is 13.9. The first kappa shape index (κ1) is 24.5. The second-order valence-electron chi connectivity index (χ2n) is 6.12. The van der Waals surface area contributed by atoms with E-state index in [2.05, 4.69) is 5.32 Å². The molecule has 170 valence electrons. The molecular formula is C16H12F6N2O5S2. The van der Waals surface area contributed by atoms with E-state index in [0.717, 1.165) is 0 Å². The summed E-state index contributed by atoms with van der Waals surface area (Å²) in [6.45, 7) is 1.61. The molecule has 0 saturated carbocycles. The average Bonchev–Trinajstić information content (AvgIpc) is 2.62. The Hall–Kier alpha value is -2.81. The fraction of sp³-hybridized carbons (Fsp3) is 0.188. The molecule has 0 aliphatic carbocycles. The van der Waals surface area contributed by atoms with Crippen LogP contribution in [0.3, 0.4) is 0 Å². The minimum Gasteiger partial charge on any atom is -0.398 e. The molecule has 3 N–H and O–H groups in total. The summed E-state index contributed by atoms with van der Waals surface area (Å²) >= 11 is 0. The van der Waals surface area contributed by atoms with Crippen LogP contribution in [0.5, 0.6) is 0 Å².